The fourth-order valence-corrected chi connectivity index (χ4v) is 4.28. The Morgan fingerprint density at radius 1 is 1.36 bits per heavy atom. The average Bonchev–Trinajstić information content (AvgIpc) is 3.19. The summed E-state index contributed by atoms with van der Waals surface area (Å²) in [6.45, 7) is 8.22. The molecule has 25 heavy (non-hydrogen) atoms. The second kappa shape index (κ2) is 6.87. The van der Waals surface area contributed by atoms with Crippen molar-refractivity contribution >= 4 is 9.84 Å². The molecule has 0 spiro atoms. The van der Waals surface area contributed by atoms with Crippen molar-refractivity contribution in [3.63, 3.8) is 0 Å². The van der Waals surface area contributed by atoms with Gasteiger partial charge in [0.2, 0.25) is 15.0 Å². The molecule has 0 amide bonds. The first kappa shape index (κ1) is 18.1. The van der Waals surface area contributed by atoms with E-state index in [2.05, 4.69) is 34.0 Å². The van der Waals surface area contributed by atoms with Gasteiger partial charge in [-0.1, -0.05) is 24.2 Å². The topological polar surface area (TPSA) is 94.1 Å². The molecule has 1 aliphatic rings. The number of aromatic nitrogens is 4. The third-order valence-corrected chi connectivity index (χ3v) is 5.50. The third kappa shape index (κ3) is 3.77. The normalized spacial score (nSPS) is 19.2. The van der Waals surface area contributed by atoms with Gasteiger partial charge in [-0.25, -0.2) is 18.0 Å². The predicted molar refractivity (Wildman–Crippen MR) is 91.6 cm³/mol. The highest BCUT2D eigenvalue weighted by molar-refractivity contribution is 7.90. The van der Waals surface area contributed by atoms with E-state index in [4.69, 9.17) is 4.63 Å². The zero-order chi connectivity index (χ0) is 18.2. The molecule has 138 valence electrons. The van der Waals surface area contributed by atoms with Gasteiger partial charge < -0.3 is 4.57 Å². The van der Waals surface area contributed by atoms with Gasteiger partial charge >= 0.3 is 0 Å². The van der Waals surface area contributed by atoms with E-state index in [0.717, 1.165) is 36.5 Å². The summed E-state index contributed by atoms with van der Waals surface area (Å²) in [6, 6.07) is 0.148. The zero-order valence-electron chi connectivity index (χ0n) is 15.1. The van der Waals surface area contributed by atoms with Crippen LogP contribution >= 0.6 is 0 Å². The molecule has 8 nitrogen and oxygen atoms in total. The zero-order valence-corrected chi connectivity index (χ0v) is 16.0. The van der Waals surface area contributed by atoms with E-state index in [0.29, 0.717) is 19.0 Å². The van der Waals surface area contributed by atoms with Crippen molar-refractivity contribution in [1.82, 2.24) is 24.8 Å². The predicted octanol–water partition coefficient (Wildman–Crippen LogP) is 1.97. The number of aryl methyl sites for hydroxylation is 1. The number of imidazole rings is 1. The minimum Gasteiger partial charge on any atom is -0.317 e. The first-order chi connectivity index (χ1) is 11.8. The summed E-state index contributed by atoms with van der Waals surface area (Å²) in [7, 11) is -3.36. The molecule has 0 bridgehead atoms. The Kier molecular flexibility index (Phi) is 4.97. The van der Waals surface area contributed by atoms with E-state index in [9.17, 15) is 8.42 Å². The van der Waals surface area contributed by atoms with Gasteiger partial charge in [0.05, 0.1) is 17.9 Å². The lowest BCUT2D eigenvalue weighted by atomic mass is 10.1. The van der Waals surface area contributed by atoms with Crippen LogP contribution in [0.3, 0.4) is 0 Å². The second-order valence-corrected chi connectivity index (χ2v) is 9.08. The molecule has 0 aliphatic carbocycles. The summed E-state index contributed by atoms with van der Waals surface area (Å²) in [5, 5.41) is 8.09. The molecule has 3 rings (SSSR count). The molecular weight excluding hydrogens is 342 g/mol. The minimum absolute atomic E-state index is 0.145. The number of rotatable bonds is 6. The molecule has 9 heteroatoms. The smallest absolute Gasteiger partial charge is 0.227 e. The average molecular weight is 367 g/mol. The van der Waals surface area contributed by atoms with Gasteiger partial charge in [0, 0.05) is 19.3 Å². The van der Waals surface area contributed by atoms with Gasteiger partial charge in [-0.2, -0.15) is 0 Å². The number of nitrogens with zero attached hydrogens (tertiary/aromatic N) is 5. The SMILES string of the molecule is Cc1nonc1[C@H]1CCCN1Cc1cnc(S(C)(=O)=O)n1CC(C)C. The fourth-order valence-electron chi connectivity index (χ4n) is 3.45. The molecule has 2 aromatic heterocycles. The highest BCUT2D eigenvalue weighted by Gasteiger charge is 2.31. The van der Waals surface area contributed by atoms with Crippen molar-refractivity contribution in [3.8, 4) is 0 Å². The van der Waals surface area contributed by atoms with Crippen LogP contribution in [0.25, 0.3) is 0 Å². The first-order valence-electron chi connectivity index (χ1n) is 8.55. The quantitative estimate of drug-likeness (QED) is 0.770. The van der Waals surface area contributed by atoms with E-state index in [-0.39, 0.29) is 11.2 Å². The van der Waals surface area contributed by atoms with Gasteiger partial charge in [0.1, 0.15) is 11.4 Å². The minimum atomic E-state index is -3.36. The van der Waals surface area contributed by atoms with Crippen molar-refractivity contribution in [2.75, 3.05) is 12.8 Å². The molecule has 1 aliphatic heterocycles. The Hall–Kier alpha value is -1.74. The molecule has 1 atom stereocenters. The van der Waals surface area contributed by atoms with Crippen molar-refractivity contribution < 1.29 is 13.0 Å². The molecule has 3 heterocycles. The maximum absolute atomic E-state index is 12.1. The molecule has 0 unspecified atom stereocenters. The van der Waals surface area contributed by atoms with Crippen molar-refractivity contribution in [2.45, 2.75) is 57.9 Å². The maximum atomic E-state index is 12.1. The number of likely N-dealkylation sites (tertiary alicyclic amines) is 1. The molecule has 2 aromatic rings. The second-order valence-electron chi connectivity index (χ2n) is 7.17. The first-order valence-corrected chi connectivity index (χ1v) is 10.4. The van der Waals surface area contributed by atoms with Crippen LogP contribution in [0, 0.1) is 12.8 Å². The van der Waals surface area contributed by atoms with Crippen molar-refractivity contribution in [2.24, 2.45) is 5.92 Å². The van der Waals surface area contributed by atoms with E-state index < -0.39 is 9.84 Å². The summed E-state index contributed by atoms with van der Waals surface area (Å²) in [4.78, 5) is 6.49. The molecule has 1 fully saturated rings. The molecule has 0 saturated carbocycles. The standard InChI is InChI=1S/C16H25N5O3S/c1-11(2)9-21-13(8-17-16(21)25(4,22)23)10-20-7-5-6-14(20)15-12(3)18-24-19-15/h8,11,14H,5-7,9-10H2,1-4H3/t14-/m1/s1. The van der Waals surface area contributed by atoms with E-state index >= 15 is 0 Å². The van der Waals surface area contributed by atoms with Crippen LogP contribution in [-0.2, 0) is 22.9 Å². The summed E-state index contributed by atoms with van der Waals surface area (Å²) in [5.74, 6) is 0.324. The Labute approximate surface area is 148 Å². The van der Waals surface area contributed by atoms with Crippen LogP contribution in [0.2, 0.25) is 0 Å². The van der Waals surface area contributed by atoms with Gasteiger partial charge in [-0.15, -0.1) is 0 Å². The third-order valence-electron chi connectivity index (χ3n) is 4.51. The lowest BCUT2D eigenvalue weighted by molar-refractivity contribution is 0.224. The highest BCUT2D eigenvalue weighted by atomic mass is 32.2. The number of sulfone groups is 1. The molecule has 0 aromatic carbocycles. The van der Waals surface area contributed by atoms with Crippen molar-refractivity contribution in [1.29, 1.82) is 0 Å². The fraction of sp³-hybridized carbons (Fsp3) is 0.688. The maximum Gasteiger partial charge on any atom is 0.227 e. The Morgan fingerprint density at radius 2 is 2.12 bits per heavy atom. The summed E-state index contributed by atoms with van der Waals surface area (Å²) in [5.41, 5.74) is 2.59. The monoisotopic (exact) mass is 367 g/mol. The Balaban J connectivity index is 1.89. The lowest BCUT2D eigenvalue weighted by Crippen LogP contribution is -2.26. The number of hydrogen-bond donors (Lipinski definition) is 0. The molecule has 0 N–H and O–H groups in total. The van der Waals surface area contributed by atoms with Crippen LogP contribution in [-0.4, -0.2) is 46.0 Å². The lowest BCUT2D eigenvalue weighted by Gasteiger charge is -2.24. The van der Waals surface area contributed by atoms with Crippen LogP contribution in [0.5, 0.6) is 0 Å². The number of hydrogen-bond acceptors (Lipinski definition) is 7. The van der Waals surface area contributed by atoms with E-state index in [1.165, 1.54) is 6.26 Å². The van der Waals surface area contributed by atoms with Gasteiger partial charge in [-0.05, 0) is 32.2 Å². The van der Waals surface area contributed by atoms with Crippen molar-refractivity contribution in [3.05, 3.63) is 23.3 Å². The van der Waals surface area contributed by atoms with E-state index in [1.807, 2.05) is 11.5 Å². The van der Waals surface area contributed by atoms with Gasteiger partial charge in [0.15, 0.2) is 0 Å². The largest absolute Gasteiger partial charge is 0.317 e. The molecular formula is C16H25N5O3S. The van der Waals surface area contributed by atoms with Crippen LogP contribution in [0.4, 0.5) is 0 Å². The summed E-state index contributed by atoms with van der Waals surface area (Å²) in [6.07, 6.45) is 4.95. The highest BCUT2D eigenvalue weighted by Crippen LogP contribution is 2.33. The van der Waals surface area contributed by atoms with Gasteiger partial charge in [0.25, 0.3) is 0 Å². The summed E-state index contributed by atoms with van der Waals surface area (Å²) >= 11 is 0. The Bertz CT molecular complexity index is 840. The Morgan fingerprint density at radius 3 is 2.72 bits per heavy atom. The van der Waals surface area contributed by atoms with Crippen LogP contribution < -0.4 is 0 Å². The van der Waals surface area contributed by atoms with Crippen LogP contribution in [0.15, 0.2) is 16.0 Å². The van der Waals surface area contributed by atoms with Crippen LogP contribution in [0.1, 0.15) is 49.8 Å². The van der Waals surface area contributed by atoms with E-state index in [1.54, 1.807) is 6.20 Å². The summed E-state index contributed by atoms with van der Waals surface area (Å²) < 4.78 is 30.8. The molecule has 1 saturated heterocycles. The van der Waals surface area contributed by atoms with Gasteiger partial charge in [-0.3, -0.25) is 4.90 Å². The molecule has 0 radical (unpaired) electrons.